The van der Waals surface area contributed by atoms with Crippen molar-refractivity contribution in [3.8, 4) is 0 Å². The van der Waals surface area contributed by atoms with Gasteiger partial charge in [0.05, 0.1) is 5.52 Å². The molecule has 0 aliphatic rings. The maximum atomic E-state index is 13.6. The van der Waals surface area contributed by atoms with E-state index in [9.17, 15) is 13.2 Å². The highest BCUT2D eigenvalue weighted by molar-refractivity contribution is 5.85. The number of aromatic nitrogens is 1. The van der Waals surface area contributed by atoms with E-state index >= 15 is 0 Å². The molecule has 0 saturated carbocycles. The zero-order valence-electron chi connectivity index (χ0n) is 8.92. The van der Waals surface area contributed by atoms with Crippen LogP contribution >= 0.6 is 0 Å². The number of halogens is 3. The number of rotatable bonds is 2. The molecule has 2 nitrogen and oxygen atoms in total. The van der Waals surface area contributed by atoms with Gasteiger partial charge < -0.3 is 10.3 Å². The van der Waals surface area contributed by atoms with Crippen LogP contribution in [0.2, 0.25) is 0 Å². The van der Waals surface area contributed by atoms with Crippen molar-refractivity contribution in [1.29, 1.82) is 0 Å². The number of nitrogens with one attached hydrogen (secondary N) is 2. The molecule has 0 unspecified atom stereocenters. The summed E-state index contributed by atoms with van der Waals surface area (Å²) >= 11 is 0. The maximum absolute atomic E-state index is 13.6. The molecule has 0 atom stereocenters. The van der Waals surface area contributed by atoms with Crippen LogP contribution in [0.3, 0.4) is 0 Å². The molecule has 2 rings (SSSR count). The molecule has 2 aromatic rings. The first-order valence-electron chi connectivity index (χ1n) is 4.85. The Morgan fingerprint density at radius 2 is 1.94 bits per heavy atom. The van der Waals surface area contributed by atoms with Gasteiger partial charge in [-0.25, -0.2) is 13.2 Å². The molecule has 1 aromatic carbocycles. The molecule has 1 heterocycles. The Morgan fingerprint density at radius 3 is 2.56 bits per heavy atom. The van der Waals surface area contributed by atoms with Crippen molar-refractivity contribution in [3.05, 3.63) is 34.8 Å². The molecular formula is C11H11F3N2. The Labute approximate surface area is 90.5 Å². The topological polar surface area (TPSA) is 27.8 Å². The number of hydrogen-bond acceptors (Lipinski definition) is 1. The molecule has 0 amide bonds. The van der Waals surface area contributed by atoms with Gasteiger partial charge in [-0.2, -0.15) is 0 Å². The van der Waals surface area contributed by atoms with Crippen LogP contribution in [0.4, 0.5) is 13.2 Å². The molecule has 0 fully saturated rings. The molecule has 5 heteroatoms. The molecule has 0 aliphatic carbocycles. The number of aryl methyl sites for hydroxylation is 1. The lowest BCUT2D eigenvalue weighted by Gasteiger charge is -2.02. The number of aromatic amines is 1. The van der Waals surface area contributed by atoms with E-state index in [1.807, 2.05) is 0 Å². The van der Waals surface area contributed by atoms with Crippen LogP contribution in [0.15, 0.2) is 6.07 Å². The van der Waals surface area contributed by atoms with Crippen molar-refractivity contribution >= 4 is 10.9 Å². The summed E-state index contributed by atoms with van der Waals surface area (Å²) in [7, 11) is 1.70. The van der Waals surface area contributed by atoms with Gasteiger partial charge in [-0.15, -0.1) is 0 Å². The van der Waals surface area contributed by atoms with Crippen molar-refractivity contribution in [1.82, 2.24) is 10.3 Å². The largest absolute Gasteiger partial charge is 0.358 e. The van der Waals surface area contributed by atoms with E-state index in [4.69, 9.17) is 0 Å². The Kier molecular flexibility index (Phi) is 2.63. The average molecular weight is 228 g/mol. The zero-order chi connectivity index (χ0) is 11.9. The second-order valence-electron chi connectivity index (χ2n) is 3.67. The molecule has 0 aliphatic heterocycles. The summed E-state index contributed by atoms with van der Waals surface area (Å²) in [6.07, 6.45) is 0. The van der Waals surface area contributed by atoms with E-state index in [0.29, 0.717) is 17.8 Å². The zero-order valence-corrected chi connectivity index (χ0v) is 8.92. The van der Waals surface area contributed by atoms with Gasteiger partial charge in [0.15, 0.2) is 17.5 Å². The number of H-pyrrole nitrogens is 1. The molecule has 2 N–H and O–H groups in total. The van der Waals surface area contributed by atoms with Gasteiger partial charge >= 0.3 is 0 Å². The van der Waals surface area contributed by atoms with Gasteiger partial charge in [0.25, 0.3) is 0 Å². The van der Waals surface area contributed by atoms with Crippen LogP contribution in [0.25, 0.3) is 10.9 Å². The summed E-state index contributed by atoms with van der Waals surface area (Å²) < 4.78 is 39.7. The summed E-state index contributed by atoms with van der Waals surface area (Å²) in [5.41, 5.74) is 1.60. The minimum absolute atomic E-state index is 0.116. The van der Waals surface area contributed by atoms with Crippen molar-refractivity contribution in [2.75, 3.05) is 7.05 Å². The Bertz CT molecular complexity index is 546. The van der Waals surface area contributed by atoms with E-state index in [1.165, 1.54) is 0 Å². The smallest absolute Gasteiger partial charge is 0.195 e. The summed E-state index contributed by atoms with van der Waals surface area (Å²) in [6, 6.07) is 0.972. The SMILES string of the molecule is CNCc1c(C)[nH]c2cc(F)c(F)c(F)c12. The normalized spacial score (nSPS) is 11.3. The van der Waals surface area contributed by atoms with E-state index < -0.39 is 17.5 Å². The van der Waals surface area contributed by atoms with Crippen LogP contribution in [-0.2, 0) is 6.54 Å². The summed E-state index contributed by atoms with van der Waals surface area (Å²) in [4.78, 5) is 2.83. The lowest BCUT2D eigenvalue weighted by Crippen LogP contribution is -2.06. The third-order valence-electron chi connectivity index (χ3n) is 2.59. The number of fused-ring (bicyclic) bond motifs is 1. The van der Waals surface area contributed by atoms with Gasteiger partial charge in [0, 0.05) is 23.7 Å². The summed E-state index contributed by atoms with van der Waals surface area (Å²) in [5, 5.41) is 2.98. The van der Waals surface area contributed by atoms with Gasteiger partial charge in [0.2, 0.25) is 0 Å². The second-order valence-corrected chi connectivity index (χ2v) is 3.67. The monoisotopic (exact) mass is 228 g/mol. The average Bonchev–Trinajstić information content (AvgIpc) is 2.53. The van der Waals surface area contributed by atoms with E-state index in [1.54, 1.807) is 14.0 Å². The van der Waals surface area contributed by atoms with Crippen LogP contribution in [0, 0.1) is 24.4 Å². The lowest BCUT2D eigenvalue weighted by atomic mass is 10.1. The lowest BCUT2D eigenvalue weighted by molar-refractivity contribution is 0.453. The molecular weight excluding hydrogens is 217 g/mol. The van der Waals surface area contributed by atoms with Crippen molar-refractivity contribution in [2.24, 2.45) is 0 Å². The molecule has 86 valence electrons. The summed E-state index contributed by atoms with van der Waals surface area (Å²) in [6.45, 7) is 2.13. The Morgan fingerprint density at radius 1 is 1.25 bits per heavy atom. The van der Waals surface area contributed by atoms with Gasteiger partial charge in [-0.1, -0.05) is 0 Å². The molecule has 16 heavy (non-hydrogen) atoms. The first kappa shape index (κ1) is 11.0. The number of hydrogen-bond donors (Lipinski definition) is 2. The fourth-order valence-electron chi connectivity index (χ4n) is 1.85. The van der Waals surface area contributed by atoms with E-state index in [0.717, 1.165) is 6.07 Å². The van der Waals surface area contributed by atoms with Crippen LogP contribution < -0.4 is 5.32 Å². The minimum Gasteiger partial charge on any atom is -0.358 e. The summed E-state index contributed by atoms with van der Waals surface area (Å²) in [5.74, 6) is -3.74. The predicted molar refractivity (Wildman–Crippen MR) is 55.7 cm³/mol. The predicted octanol–water partition coefficient (Wildman–Crippen LogP) is 2.61. The number of benzene rings is 1. The highest BCUT2D eigenvalue weighted by Crippen LogP contribution is 2.28. The third kappa shape index (κ3) is 1.48. The van der Waals surface area contributed by atoms with Gasteiger partial charge in [-0.05, 0) is 19.5 Å². The first-order valence-corrected chi connectivity index (χ1v) is 4.85. The highest BCUT2D eigenvalue weighted by Gasteiger charge is 2.19. The van der Waals surface area contributed by atoms with Crippen molar-refractivity contribution in [3.63, 3.8) is 0 Å². The minimum atomic E-state index is -1.43. The fraction of sp³-hybridized carbons (Fsp3) is 0.273. The van der Waals surface area contributed by atoms with Crippen LogP contribution in [0.1, 0.15) is 11.3 Å². The molecule has 0 spiro atoms. The van der Waals surface area contributed by atoms with Gasteiger partial charge in [-0.3, -0.25) is 0 Å². The Balaban J connectivity index is 2.82. The fourth-order valence-corrected chi connectivity index (χ4v) is 1.85. The standard InChI is InChI=1S/C11H11F3N2/c1-5-6(4-15-2)9-8(16-5)3-7(12)10(13)11(9)14/h3,15-16H,4H2,1-2H3. The quantitative estimate of drug-likeness (QED) is 0.760. The molecule has 0 radical (unpaired) electrons. The van der Waals surface area contributed by atoms with Gasteiger partial charge in [0.1, 0.15) is 0 Å². The van der Waals surface area contributed by atoms with Crippen molar-refractivity contribution < 1.29 is 13.2 Å². The van der Waals surface area contributed by atoms with Crippen molar-refractivity contribution in [2.45, 2.75) is 13.5 Å². The van der Waals surface area contributed by atoms with Crippen LogP contribution in [0.5, 0.6) is 0 Å². The van der Waals surface area contributed by atoms with E-state index in [-0.39, 0.29) is 10.9 Å². The highest BCUT2D eigenvalue weighted by atomic mass is 19.2. The van der Waals surface area contributed by atoms with Crippen LogP contribution in [-0.4, -0.2) is 12.0 Å². The first-order chi connectivity index (χ1) is 7.56. The third-order valence-corrected chi connectivity index (χ3v) is 2.59. The maximum Gasteiger partial charge on any atom is 0.195 e. The molecule has 0 saturated heterocycles. The molecule has 1 aromatic heterocycles. The second kappa shape index (κ2) is 3.83. The molecule has 0 bridgehead atoms. The Hall–Kier alpha value is -1.49. The van der Waals surface area contributed by atoms with E-state index in [2.05, 4.69) is 10.3 Å².